The van der Waals surface area contributed by atoms with E-state index in [1.807, 2.05) is 60.7 Å². The Hall–Kier alpha value is -6.85. The largest absolute Gasteiger partial charge is 0.456 e. The first kappa shape index (κ1) is 28.2. The van der Waals surface area contributed by atoms with Crippen molar-refractivity contribution < 1.29 is 4.42 Å². The normalized spacial score (nSPS) is 11.6. The van der Waals surface area contributed by atoms with Gasteiger partial charge in [-0.1, -0.05) is 127 Å². The smallest absolute Gasteiger partial charge is 0.164 e. The average Bonchev–Trinajstić information content (AvgIpc) is 3.75. The molecule has 0 atom stereocenters. The zero-order valence-electron chi connectivity index (χ0n) is 26.9. The predicted octanol–water partition coefficient (Wildman–Crippen LogP) is 11.5. The van der Waals surface area contributed by atoms with Crippen LogP contribution in [0.4, 0.5) is 0 Å². The molecule has 0 aliphatic heterocycles. The fourth-order valence-electron chi connectivity index (χ4n) is 7.24. The van der Waals surface area contributed by atoms with Gasteiger partial charge in [-0.05, 0) is 53.6 Å². The van der Waals surface area contributed by atoms with Crippen molar-refractivity contribution in [3.05, 3.63) is 170 Å². The van der Waals surface area contributed by atoms with Crippen molar-refractivity contribution in [2.45, 2.75) is 0 Å². The van der Waals surface area contributed by atoms with Crippen LogP contribution < -0.4 is 0 Å². The Morgan fingerprint density at radius 1 is 0.380 bits per heavy atom. The Morgan fingerprint density at radius 2 is 0.960 bits per heavy atom. The molecule has 0 saturated carbocycles. The van der Waals surface area contributed by atoms with E-state index in [0.29, 0.717) is 17.5 Å². The van der Waals surface area contributed by atoms with E-state index < -0.39 is 0 Å². The van der Waals surface area contributed by atoms with Gasteiger partial charge in [0.25, 0.3) is 0 Å². The van der Waals surface area contributed by atoms with Gasteiger partial charge in [-0.3, -0.25) is 0 Å². The van der Waals surface area contributed by atoms with Crippen LogP contribution in [-0.2, 0) is 0 Å². The topological polar surface area (TPSA) is 56.7 Å². The summed E-state index contributed by atoms with van der Waals surface area (Å²) in [7, 11) is 0. The summed E-state index contributed by atoms with van der Waals surface area (Å²) in [5, 5.41) is 4.45. The number of para-hydroxylation sites is 3. The van der Waals surface area contributed by atoms with Gasteiger partial charge in [-0.25, -0.2) is 15.0 Å². The quantitative estimate of drug-likeness (QED) is 0.188. The van der Waals surface area contributed by atoms with Crippen LogP contribution in [0.1, 0.15) is 0 Å². The van der Waals surface area contributed by atoms with Gasteiger partial charge < -0.3 is 8.98 Å². The van der Waals surface area contributed by atoms with E-state index in [-0.39, 0.29) is 0 Å². The van der Waals surface area contributed by atoms with E-state index in [1.165, 1.54) is 16.3 Å². The van der Waals surface area contributed by atoms with Crippen LogP contribution in [0.2, 0.25) is 0 Å². The molecule has 0 amide bonds. The standard InChI is InChI=1S/C45H28N4O/c1-3-14-29(15-4-1)43-46-44(48-45(47-43)36-23-13-27-40-42(36)35-21-8-10-26-39(35)50-40)31-17-11-16-30(28-31)33-22-12-25-38-41(33)34-20-7-9-24-37(34)49(38)32-18-5-2-6-19-32/h1-28H. The van der Waals surface area contributed by atoms with Crippen molar-refractivity contribution in [3.8, 4) is 51.0 Å². The fourth-order valence-corrected chi connectivity index (χ4v) is 7.24. The summed E-state index contributed by atoms with van der Waals surface area (Å²) in [5.74, 6) is 1.83. The molecule has 7 aromatic carbocycles. The third-order valence-electron chi connectivity index (χ3n) is 9.45. The third-order valence-corrected chi connectivity index (χ3v) is 9.45. The number of benzene rings is 7. The van der Waals surface area contributed by atoms with Crippen LogP contribution in [0.25, 0.3) is 94.7 Å². The van der Waals surface area contributed by atoms with Crippen LogP contribution in [0.15, 0.2) is 174 Å². The maximum Gasteiger partial charge on any atom is 0.164 e. The van der Waals surface area contributed by atoms with Gasteiger partial charge in [-0.15, -0.1) is 0 Å². The highest BCUT2D eigenvalue weighted by molar-refractivity contribution is 6.16. The molecule has 3 aromatic heterocycles. The number of rotatable bonds is 5. The number of hydrogen-bond acceptors (Lipinski definition) is 4. The van der Waals surface area contributed by atoms with Crippen LogP contribution >= 0.6 is 0 Å². The number of hydrogen-bond donors (Lipinski definition) is 0. The predicted molar refractivity (Wildman–Crippen MR) is 203 cm³/mol. The Labute approximate surface area is 287 Å². The second-order valence-corrected chi connectivity index (χ2v) is 12.4. The Bertz CT molecular complexity index is 2870. The second-order valence-electron chi connectivity index (χ2n) is 12.4. The molecule has 0 fully saturated rings. The molecule has 0 unspecified atom stereocenters. The lowest BCUT2D eigenvalue weighted by Gasteiger charge is -2.11. The Balaban J connectivity index is 1.19. The van der Waals surface area contributed by atoms with Crippen LogP contribution in [0.3, 0.4) is 0 Å². The Morgan fingerprint density at radius 3 is 1.82 bits per heavy atom. The van der Waals surface area contributed by atoms with Crippen molar-refractivity contribution in [2.75, 3.05) is 0 Å². The van der Waals surface area contributed by atoms with E-state index in [2.05, 4.69) is 114 Å². The zero-order valence-corrected chi connectivity index (χ0v) is 26.9. The molecule has 234 valence electrons. The molecule has 0 aliphatic rings. The van der Waals surface area contributed by atoms with Crippen LogP contribution in [0, 0.1) is 0 Å². The third kappa shape index (κ3) is 4.52. The first-order valence-electron chi connectivity index (χ1n) is 16.7. The minimum Gasteiger partial charge on any atom is -0.456 e. The van der Waals surface area contributed by atoms with Crippen molar-refractivity contribution >= 4 is 43.7 Å². The number of fused-ring (bicyclic) bond motifs is 6. The lowest BCUT2D eigenvalue weighted by atomic mass is 9.97. The van der Waals surface area contributed by atoms with Crippen molar-refractivity contribution in [1.29, 1.82) is 0 Å². The monoisotopic (exact) mass is 640 g/mol. The summed E-state index contributed by atoms with van der Waals surface area (Å²) in [5.41, 5.74) is 10.1. The molecule has 0 aliphatic carbocycles. The molecule has 3 heterocycles. The van der Waals surface area contributed by atoms with Crippen LogP contribution in [0.5, 0.6) is 0 Å². The highest BCUT2D eigenvalue weighted by atomic mass is 16.3. The fraction of sp³-hybridized carbons (Fsp3) is 0. The molecular weight excluding hydrogens is 613 g/mol. The Kier molecular flexibility index (Phi) is 6.42. The lowest BCUT2D eigenvalue weighted by molar-refractivity contribution is 0.669. The first-order valence-corrected chi connectivity index (χ1v) is 16.7. The highest BCUT2D eigenvalue weighted by Crippen LogP contribution is 2.40. The first-order chi connectivity index (χ1) is 24.8. The molecule has 0 saturated heterocycles. The summed E-state index contributed by atoms with van der Waals surface area (Å²) in [6, 6.07) is 58.6. The summed E-state index contributed by atoms with van der Waals surface area (Å²) >= 11 is 0. The van der Waals surface area contributed by atoms with Crippen molar-refractivity contribution in [1.82, 2.24) is 19.5 Å². The molecular formula is C45H28N4O. The van der Waals surface area contributed by atoms with E-state index >= 15 is 0 Å². The SMILES string of the molecule is c1ccc(-c2nc(-c3cccc(-c4cccc5c4c4ccccc4n5-c4ccccc4)c3)nc(-c3cccc4oc5ccccc5c34)n2)cc1. The second kappa shape index (κ2) is 11.4. The van der Waals surface area contributed by atoms with E-state index in [1.54, 1.807) is 0 Å². The van der Waals surface area contributed by atoms with E-state index in [4.69, 9.17) is 19.4 Å². The average molecular weight is 641 g/mol. The maximum atomic E-state index is 6.23. The molecule has 0 radical (unpaired) electrons. The number of aromatic nitrogens is 4. The van der Waals surface area contributed by atoms with E-state index in [9.17, 15) is 0 Å². The van der Waals surface area contributed by atoms with Gasteiger partial charge in [-0.2, -0.15) is 0 Å². The van der Waals surface area contributed by atoms with Gasteiger partial charge in [0.1, 0.15) is 11.2 Å². The van der Waals surface area contributed by atoms with Crippen molar-refractivity contribution in [3.63, 3.8) is 0 Å². The molecule has 0 spiro atoms. The van der Waals surface area contributed by atoms with Gasteiger partial charge in [0.2, 0.25) is 0 Å². The molecule has 10 aromatic rings. The zero-order chi connectivity index (χ0) is 33.0. The lowest BCUT2D eigenvalue weighted by Crippen LogP contribution is -2.00. The van der Waals surface area contributed by atoms with Gasteiger partial charge in [0.15, 0.2) is 17.5 Å². The molecule has 5 heteroatoms. The van der Waals surface area contributed by atoms with E-state index in [0.717, 1.165) is 61.0 Å². The molecule has 10 rings (SSSR count). The minimum atomic E-state index is 0.601. The molecule has 0 bridgehead atoms. The summed E-state index contributed by atoms with van der Waals surface area (Å²) in [6.45, 7) is 0. The maximum absolute atomic E-state index is 6.23. The number of furan rings is 1. The molecule has 0 N–H and O–H groups in total. The van der Waals surface area contributed by atoms with Gasteiger partial charge >= 0.3 is 0 Å². The summed E-state index contributed by atoms with van der Waals surface area (Å²) in [4.78, 5) is 15.3. The summed E-state index contributed by atoms with van der Waals surface area (Å²) in [6.07, 6.45) is 0. The number of nitrogens with zero attached hydrogens (tertiary/aromatic N) is 4. The summed E-state index contributed by atoms with van der Waals surface area (Å²) < 4.78 is 8.58. The molecule has 50 heavy (non-hydrogen) atoms. The van der Waals surface area contributed by atoms with Crippen molar-refractivity contribution in [2.24, 2.45) is 0 Å². The molecule has 5 nitrogen and oxygen atoms in total. The van der Waals surface area contributed by atoms with Gasteiger partial charge in [0.05, 0.1) is 11.0 Å². The highest BCUT2D eigenvalue weighted by Gasteiger charge is 2.19. The van der Waals surface area contributed by atoms with Gasteiger partial charge in [0, 0.05) is 43.9 Å². The minimum absolute atomic E-state index is 0.601. The van der Waals surface area contributed by atoms with Crippen LogP contribution in [-0.4, -0.2) is 19.5 Å².